The van der Waals surface area contributed by atoms with Gasteiger partial charge in [0.25, 0.3) is 0 Å². The van der Waals surface area contributed by atoms with Gasteiger partial charge in [-0.3, -0.25) is 0 Å². The molecule has 138 valence electrons. The van der Waals surface area contributed by atoms with Gasteiger partial charge < -0.3 is 15.6 Å². The van der Waals surface area contributed by atoms with E-state index in [-0.39, 0.29) is 19.3 Å². The molecule has 3 N–H and O–H groups in total. The van der Waals surface area contributed by atoms with E-state index in [0.717, 1.165) is 38.8 Å². The predicted octanol–water partition coefficient (Wildman–Crippen LogP) is 3.18. The van der Waals surface area contributed by atoms with Crippen molar-refractivity contribution >= 4 is 27.6 Å². The summed E-state index contributed by atoms with van der Waals surface area (Å²) in [6.45, 7) is 4.39. The first-order valence-corrected chi connectivity index (χ1v) is 8.85. The Morgan fingerprint density at radius 3 is 2.67 bits per heavy atom. The third kappa shape index (κ3) is 3.06. The molecule has 0 aliphatic carbocycles. The number of hydrogen-bond donors (Lipinski definition) is 2. The fourth-order valence-corrected chi connectivity index (χ4v) is 3.18. The molecule has 0 spiro atoms. The van der Waals surface area contributed by atoms with Crippen LogP contribution in [0.1, 0.15) is 19.9 Å². The van der Waals surface area contributed by atoms with Gasteiger partial charge >= 0.3 is 0 Å². The highest BCUT2D eigenvalue weighted by molar-refractivity contribution is 6.00. The number of nitrogens with two attached hydrogens (primary N) is 1. The maximum atomic E-state index is 8.90. The Balaban J connectivity index is 1.85. The molecule has 7 heteroatoms. The van der Waals surface area contributed by atoms with Crippen molar-refractivity contribution < 1.29 is 9.84 Å². The Hall–Kier alpha value is -3.19. The van der Waals surface area contributed by atoms with E-state index in [1.807, 2.05) is 35.0 Å². The number of ether oxygens (including phenoxy) is 1. The first-order valence-electron chi connectivity index (χ1n) is 8.85. The molecule has 0 amide bonds. The Labute approximate surface area is 156 Å². The topological polar surface area (TPSA) is 99.1 Å². The van der Waals surface area contributed by atoms with Crippen LogP contribution in [0.15, 0.2) is 42.7 Å². The Morgan fingerprint density at radius 1 is 1.11 bits per heavy atom. The standard InChI is InChI=1S/C20H21N5O2/c1-12(2)25-20-17(19(21)22-11-23-20)18(24-25)15-4-3-14-10-16(27-8-7-26)6-5-13(14)9-15/h3-6,9-12,26H,7-8H2,1-2H3,(H2,21,22,23). The number of nitrogens with zero attached hydrogens (tertiary/aromatic N) is 4. The zero-order valence-corrected chi connectivity index (χ0v) is 15.3. The lowest BCUT2D eigenvalue weighted by Crippen LogP contribution is -2.04. The highest BCUT2D eigenvalue weighted by Crippen LogP contribution is 2.33. The van der Waals surface area contributed by atoms with Crippen LogP contribution in [0.5, 0.6) is 5.75 Å². The van der Waals surface area contributed by atoms with Crippen LogP contribution in [-0.2, 0) is 0 Å². The van der Waals surface area contributed by atoms with Crippen molar-refractivity contribution in [2.75, 3.05) is 18.9 Å². The molecular weight excluding hydrogens is 342 g/mol. The largest absolute Gasteiger partial charge is 0.491 e. The number of aliphatic hydroxyl groups is 1. The van der Waals surface area contributed by atoms with Crippen molar-refractivity contribution in [1.29, 1.82) is 0 Å². The SMILES string of the molecule is CC(C)n1nc(-c2ccc3cc(OCCO)ccc3c2)c2c(N)ncnc21. The molecule has 0 bridgehead atoms. The lowest BCUT2D eigenvalue weighted by Gasteiger charge is -2.07. The monoisotopic (exact) mass is 363 g/mol. The van der Waals surface area contributed by atoms with Gasteiger partial charge in [0.2, 0.25) is 0 Å². The quantitative estimate of drug-likeness (QED) is 0.565. The molecule has 4 rings (SSSR count). The predicted molar refractivity (Wildman–Crippen MR) is 106 cm³/mol. The second-order valence-corrected chi connectivity index (χ2v) is 6.64. The highest BCUT2D eigenvalue weighted by atomic mass is 16.5. The zero-order chi connectivity index (χ0) is 19.0. The number of rotatable bonds is 5. The number of aliphatic hydroxyl groups excluding tert-OH is 1. The summed E-state index contributed by atoms with van der Waals surface area (Å²) in [4.78, 5) is 8.53. The van der Waals surface area contributed by atoms with E-state index in [9.17, 15) is 0 Å². The van der Waals surface area contributed by atoms with Crippen LogP contribution in [0.3, 0.4) is 0 Å². The number of fused-ring (bicyclic) bond motifs is 2. The summed E-state index contributed by atoms with van der Waals surface area (Å²) < 4.78 is 7.36. The van der Waals surface area contributed by atoms with Crippen LogP contribution in [0.4, 0.5) is 5.82 Å². The van der Waals surface area contributed by atoms with Gasteiger partial charge in [0.15, 0.2) is 5.65 Å². The van der Waals surface area contributed by atoms with E-state index >= 15 is 0 Å². The fraction of sp³-hybridized carbons (Fsp3) is 0.250. The first kappa shape index (κ1) is 17.2. The fourth-order valence-electron chi connectivity index (χ4n) is 3.18. The summed E-state index contributed by atoms with van der Waals surface area (Å²) in [7, 11) is 0. The molecule has 2 aromatic carbocycles. The van der Waals surface area contributed by atoms with Crippen molar-refractivity contribution in [2.45, 2.75) is 19.9 Å². The maximum absolute atomic E-state index is 8.90. The molecular formula is C20H21N5O2. The van der Waals surface area contributed by atoms with Crippen molar-refractivity contribution in [2.24, 2.45) is 0 Å². The zero-order valence-electron chi connectivity index (χ0n) is 15.3. The third-order valence-electron chi connectivity index (χ3n) is 4.45. The molecule has 0 aliphatic heterocycles. The van der Waals surface area contributed by atoms with Gasteiger partial charge in [0.1, 0.15) is 30.2 Å². The molecule has 0 atom stereocenters. The molecule has 0 saturated heterocycles. The minimum absolute atomic E-state index is 0.00788. The summed E-state index contributed by atoms with van der Waals surface area (Å²) in [6.07, 6.45) is 1.47. The highest BCUT2D eigenvalue weighted by Gasteiger charge is 2.18. The minimum atomic E-state index is -0.00788. The van der Waals surface area contributed by atoms with Crippen LogP contribution >= 0.6 is 0 Å². The molecule has 27 heavy (non-hydrogen) atoms. The van der Waals surface area contributed by atoms with Crippen molar-refractivity contribution in [3.05, 3.63) is 42.7 Å². The second-order valence-electron chi connectivity index (χ2n) is 6.64. The van der Waals surface area contributed by atoms with E-state index < -0.39 is 0 Å². The van der Waals surface area contributed by atoms with Crippen molar-refractivity contribution in [3.8, 4) is 17.0 Å². The lowest BCUT2D eigenvalue weighted by molar-refractivity contribution is 0.201. The van der Waals surface area contributed by atoms with Gasteiger partial charge in [-0.25, -0.2) is 14.6 Å². The van der Waals surface area contributed by atoms with E-state index in [1.54, 1.807) is 0 Å². The van der Waals surface area contributed by atoms with Gasteiger partial charge in [-0.15, -0.1) is 0 Å². The van der Waals surface area contributed by atoms with Gasteiger partial charge in [-0.05, 0) is 42.8 Å². The summed E-state index contributed by atoms with van der Waals surface area (Å²) in [5, 5.41) is 16.5. The number of benzene rings is 2. The number of anilines is 1. The number of hydrogen-bond acceptors (Lipinski definition) is 6. The molecule has 7 nitrogen and oxygen atoms in total. The van der Waals surface area contributed by atoms with E-state index in [4.69, 9.17) is 20.7 Å². The molecule has 0 fully saturated rings. The molecule has 4 aromatic rings. The average Bonchev–Trinajstić information content (AvgIpc) is 3.07. The normalized spacial score (nSPS) is 11.6. The summed E-state index contributed by atoms with van der Waals surface area (Å²) >= 11 is 0. The lowest BCUT2D eigenvalue weighted by atomic mass is 10.0. The third-order valence-corrected chi connectivity index (χ3v) is 4.45. The second kappa shape index (κ2) is 6.85. The Bertz CT molecular complexity index is 1120. The van der Waals surface area contributed by atoms with Gasteiger partial charge in [-0.2, -0.15) is 5.10 Å². The summed E-state index contributed by atoms with van der Waals surface area (Å²) in [5.41, 5.74) is 8.61. The minimum Gasteiger partial charge on any atom is -0.491 e. The molecule has 2 heterocycles. The molecule has 0 aliphatic rings. The molecule has 0 unspecified atom stereocenters. The number of nitrogen functional groups attached to an aromatic ring is 1. The summed E-state index contributed by atoms with van der Waals surface area (Å²) in [5.74, 6) is 1.16. The van der Waals surface area contributed by atoms with Crippen LogP contribution < -0.4 is 10.5 Å². The number of aromatic nitrogens is 4. The average molecular weight is 363 g/mol. The summed E-state index contributed by atoms with van der Waals surface area (Å²) in [6, 6.07) is 12.1. The van der Waals surface area contributed by atoms with Gasteiger partial charge in [0, 0.05) is 11.6 Å². The first-order chi connectivity index (χ1) is 13.1. The van der Waals surface area contributed by atoms with Crippen LogP contribution in [0, 0.1) is 0 Å². The molecule has 0 radical (unpaired) electrons. The maximum Gasteiger partial charge on any atom is 0.164 e. The van der Waals surface area contributed by atoms with E-state index in [0.29, 0.717) is 5.82 Å². The van der Waals surface area contributed by atoms with E-state index in [1.165, 1.54) is 6.33 Å². The van der Waals surface area contributed by atoms with Crippen LogP contribution in [-0.4, -0.2) is 38.1 Å². The van der Waals surface area contributed by atoms with E-state index in [2.05, 4.69) is 29.9 Å². The molecule has 0 saturated carbocycles. The van der Waals surface area contributed by atoms with Crippen molar-refractivity contribution in [1.82, 2.24) is 19.7 Å². The van der Waals surface area contributed by atoms with Crippen molar-refractivity contribution in [3.63, 3.8) is 0 Å². The Kier molecular flexibility index (Phi) is 4.37. The van der Waals surface area contributed by atoms with Gasteiger partial charge in [-0.1, -0.05) is 18.2 Å². The van der Waals surface area contributed by atoms with Gasteiger partial charge in [0.05, 0.1) is 12.0 Å². The van der Waals surface area contributed by atoms with Crippen LogP contribution in [0.25, 0.3) is 33.1 Å². The van der Waals surface area contributed by atoms with Crippen LogP contribution in [0.2, 0.25) is 0 Å². The molecule has 2 aromatic heterocycles. The smallest absolute Gasteiger partial charge is 0.164 e. The Morgan fingerprint density at radius 2 is 1.89 bits per heavy atom.